The maximum absolute atomic E-state index is 3.74. The molecular formula is C13H18BrN. The SMILES string of the molecule is CCC(C)NC1(c2cccc(Br)c2)CC1. The van der Waals surface area contributed by atoms with Gasteiger partial charge in [-0.1, -0.05) is 35.0 Å². The van der Waals surface area contributed by atoms with Crippen molar-refractivity contribution in [2.24, 2.45) is 0 Å². The van der Waals surface area contributed by atoms with Crippen molar-refractivity contribution < 1.29 is 0 Å². The van der Waals surface area contributed by atoms with E-state index in [2.05, 4.69) is 59.4 Å². The summed E-state index contributed by atoms with van der Waals surface area (Å²) in [4.78, 5) is 0. The highest BCUT2D eigenvalue weighted by Crippen LogP contribution is 2.46. The third-order valence-electron chi connectivity index (χ3n) is 3.26. The van der Waals surface area contributed by atoms with Crippen molar-refractivity contribution in [1.29, 1.82) is 0 Å². The third kappa shape index (κ3) is 2.43. The molecule has 1 aliphatic rings. The number of rotatable bonds is 4. The van der Waals surface area contributed by atoms with Crippen molar-refractivity contribution in [3.63, 3.8) is 0 Å². The molecule has 0 saturated heterocycles. The molecule has 0 heterocycles. The van der Waals surface area contributed by atoms with E-state index < -0.39 is 0 Å². The monoisotopic (exact) mass is 267 g/mol. The minimum Gasteiger partial charge on any atom is -0.305 e. The molecule has 1 aliphatic carbocycles. The highest BCUT2D eigenvalue weighted by atomic mass is 79.9. The molecule has 1 atom stereocenters. The average Bonchev–Trinajstić information content (AvgIpc) is 2.99. The summed E-state index contributed by atoms with van der Waals surface area (Å²) < 4.78 is 1.18. The Hall–Kier alpha value is -0.340. The van der Waals surface area contributed by atoms with Crippen LogP contribution in [0.5, 0.6) is 0 Å². The summed E-state index contributed by atoms with van der Waals surface area (Å²) in [7, 11) is 0. The zero-order valence-electron chi connectivity index (χ0n) is 9.39. The van der Waals surface area contributed by atoms with Gasteiger partial charge < -0.3 is 5.32 Å². The summed E-state index contributed by atoms with van der Waals surface area (Å²) in [5.74, 6) is 0. The molecule has 2 heteroatoms. The minimum absolute atomic E-state index is 0.277. The lowest BCUT2D eigenvalue weighted by Gasteiger charge is -2.22. The Morgan fingerprint density at radius 3 is 2.73 bits per heavy atom. The Labute approximate surface area is 100 Å². The largest absolute Gasteiger partial charge is 0.305 e. The molecule has 1 N–H and O–H groups in total. The quantitative estimate of drug-likeness (QED) is 0.875. The normalized spacial score (nSPS) is 19.9. The molecule has 15 heavy (non-hydrogen) atoms. The second-order valence-corrected chi connectivity index (χ2v) is 5.46. The smallest absolute Gasteiger partial charge is 0.0438 e. The molecule has 0 aliphatic heterocycles. The van der Waals surface area contributed by atoms with Crippen molar-refractivity contribution in [2.75, 3.05) is 0 Å². The zero-order chi connectivity index (χ0) is 10.9. The Bertz CT molecular complexity index is 344. The van der Waals surface area contributed by atoms with E-state index in [0.29, 0.717) is 6.04 Å². The van der Waals surface area contributed by atoms with E-state index in [9.17, 15) is 0 Å². The van der Waals surface area contributed by atoms with Crippen molar-refractivity contribution in [2.45, 2.75) is 44.7 Å². The van der Waals surface area contributed by atoms with Crippen LogP contribution in [0.3, 0.4) is 0 Å². The predicted octanol–water partition coefficient (Wildman–Crippen LogP) is 3.83. The van der Waals surface area contributed by atoms with E-state index in [1.165, 1.54) is 29.3 Å². The van der Waals surface area contributed by atoms with Crippen LogP contribution in [0.4, 0.5) is 0 Å². The van der Waals surface area contributed by atoms with Crippen LogP contribution >= 0.6 is 15.9 Å². The molecule has 1 aromatic rings. The van der Waals surface area contributed by atoms with Gasteiger partial charge >= 0.3 is 0 Å². The van der Waals surface area contributed by atoms with Crippen LogP contribution in [-0.2, 0) is 5.54 Å². The van der Waals surface area contributed by atoms with E-state index in [-0.39, 0.29) is 5.54 Å². The Kier molecular flexibility index (Phi) is 3.17. The van der Waals surface area contributed by atoms with Gasteiger partial charge in [-0.05, 0) is 43.9 Å². The highest BCUT2D eigenvalue weighted by Gasteiger charge is 2.44. The van der Waals surface area contributed by atoms with Crippen molar-refractivity contribution in [3.05, 3.63) is 34.3 Å². The molecule has 1 aromatic carbocycles. The summed E-state index contributed by atoms with van der Waals surface area (Å²) in [5, 5.41) is 3.74. The first kappa shape index (κ1) is 11.2. The van der Waals surface area contributed by atoms with Gasteiger partial charge in [0, 0.05) is 16.1 Å². The summed E-state index contributed by atoms with van der Waals surface area (Å²) in [5.41, 5.74) is 1.70. The zero-order valence-corrected chi connectivity index (χ0v) is 11.0. The maximum Gasteiger partial charge on any atom is 0.0438 e. The van der Waals surface area contributed by atoms with Gasteiger partial charge in [-0.2, -0.15) is 0 Å². The molecule has 0 bridgehead atoms. The van der Waals surface area contributed by atoms with Crippen molar-refractivity contribution in [1.82, 2.24) is 5.32 Å². The molecule has 82 valence electrons. The van der Waals surface area contributed by atoms with Crippen LogP contribution in [0.15, 0.2) is 28.7 Å². The van der Waals surface area contributed by atoms with Gasteiger partial charge in [0.1, 0.15) is 0 Å². The van der Waals surface area contributed by atoms with Crippen molar-refractivity contribution in [3.8, 4) is 0 Å². The molecule has 0 amide bonds. The van der Waals surface area contributed by atoms with Crippen LogP contribution in [0.1, 0.15) is 38.7 Å². The number of halogens is 1. The molecule has 1 fully saturated rings. The van der Waals surface area contributed by atoms with E-state index in [4.69, 9.17) is 0 Å². The number of hydrogen-bond donors (Lipinski definition) is 1. The number of nitrogens with one attached hydrogen (secondary N) is 1. The molecule has 0 spiro atoms. The second kappa shape index (κ2) is 4.26. The molecule has 1 nitrogen and oxygen atoms in total. The van der Waals surface area contributed by atoms with E-state index in [1.807, 2.05) is 0 Å². The van der Waals surface area contributed by atoms with E-state index in [0.717, 1.165) is 0 Å². The highest BCUT2D eigenvalue weighted by molar-refractivity contribution is 9.10. The standard InChI is InChI=1S/C13H18BrN/c1-3-10(2)15-13(7-8-13)11-5-4-6-12(14)9-11/h4-6,9-10,15H,3,7-8H2,1-2H3. The summed E-state index contributed by atoms with van der Waals surface area (Å²) in [6, 6.07) is 9.28. The first-order valence-corrected chi connectivity index (χ1v) is 6.49. The van der Waals surface area contributed by atoms with Crippen LogP contribution in [0, 0.1) is 0 Å². The Morgan fingerprint density at radius 2 is 2.20 bits per heavy atom. The Balaban J connectivity index is 2.16. The Morgan fingerprint density at radius 1 is 1.47 bits per heavy atom. The van der Waals surface area contributed by atoms with E-state index >= 15 is 0 Å². The minimum atomic E-state index is 0.277. The third-order valence-corrected chi connectivity index (χ3v) is 3.76. The number of hydrogen-bond acceptors (Lipinski definition) is 1. The van der Waals surface area contributed by atoms with Gasteiger partial charge in [0.25, 0.3) is 0 Å². The fraction of sp³-hybridized carbons (Fsp3) is 0.538. The first-order chi connectivity index (χ1) is 7.16. The molecule has 1 unspecified atom stereocenters. The van der Waals surface area contributed by atoms with Gasteiger partial charge in [-0.3, -0.25) is 0 Å². The van der Waals surface area contributed by atoms with Gasteiger partial charge in [-0.25, -0.2) is 0 Å². The molecular weight excluding hydrogens is 250 g/mol. The van der Waals surface area contributed by atoms with Crippen LogP contribution in [-0.4, -0.2) is 6.04 Å². The maximum atomic E-state index is 3.74. The molecule has 1 saturated carbocycles. The van der Waals surface area contributed by atoms with Gasteiger partial charge in [-0.15, -0.1) is 0 Å². The summed E-state index contributed by atoms with van der Waals surface area (Å²) in [6.07, 6.45) is 3.73. The summed E-state index contributed by atoms with van der Waals surface area (Å²) in [6.45, 7) is 4.49. The first-order valence-electron chi connectivity index (χ1n) is 5.70. The fourth-order valence-corrected chi connectivity index (χ4v) is 2.40. The van der Waals surface area contributed by atoms with E-state index in [1.54, 1.807) is 0 Å². The van der Waals surface area contributed by atoms with Crippen molar-refractivity contribution >= 4 is 15.9 Å². The fourth-order valence-electron chi connectivity index (χ4n) is 2.00. The predicted molar refractivity (Wildman–Crippen MR) is 67.9 cm³/mol. The molecule has 0 aromatic heterocycles. The van der Waals surface area contributed by atoms with Crippen LogP contribution < -0.4 is 5.32 Å². The molecule has 0 radical (unpaired) electrons. The lowest BCUT2D eigenvalue weighted by atomic mass is 10.0. The van der Waals surface area contributed by atoms with Gasteiger partial charge in [0.05, 0.1) is 0 Å². The lowest BCUT2D eigenvalue weighted by Crippen LogP contribution is -2.36. The molecule has 2 rings (SSSR count). The van der Waals surface area contributed by atoms with Gasteiger partial charge in [0.15, 0.2) is 0 Å². The topological polar surface area (TPSA) is 12.0 Å². The summed E-state index contributed by atoms with van der Waals surface area (Å²) >= 11 is 3.54. The second-order valence-electron chi connectivity index (χ2n) is 4.55. The van der Waals surface area contributed by atoms with Crippen LogP contribution in [0.2, 0.25) is 0 Å². The van der Waals surface area contributed by atoms with Gasteiger partial charge in [0.2, 0.25) is 0 Å². The number of benzene rings is 1. The average molecular weight is 268 g/mol. The lowest BCUT2D eigenvalue weighted by molar-refractivity contribution is 0.431. The van der Waals surface area contributed by atoms with Crippen LogP contribution in [0.25, 0.3) is 0 Å².